The molecule has 1 fully saturated rings. The van der Waals surface area contributed by atoms with Crippen LogP contribution in [-0.4, -0.2) is 21.9 Å². The van der Waals surface area contributed by atoms with Gasteiger partial charge in [0.05, 0.1) is 11.1 Å². The molecule has 0 spiro atoms. The highest BCUT2D eigenvalue weighted by Crippen LogP contribution is 2.37. The highest BCUT2D eigenvalue weighted by molar-refractivity contribution is 5.93. The molecule has 1 aliphatic rings. The molecule has 6 heteroatoms. The average Bonchev–Trinajstić information content (AvgIpc) is 3.12. The van der Waals surface area contributed by atoms with E-state index in [1.54, 1.807) is 11.5 Å². The van der Waals surface area contributed by atoms with Gasteiger partial charge < -0.3 is 9.88 Å². The molecule has 1 saturated carbocycles. The van der Waals surface area contributed by atoms with E-state index in [1.807, 2.05) is 0 Å². The molecule has 1 aliphatic carbocycles. The number of carbonyl (C=O) groups is 1. The molecule has 0 atom stereocenters. The lowest BCUT2D eigenvalue weighted by molar-refractivity contribution is -0.384. The van der Waals surface area contributed by atoms with Crippen molar-refractivity contribution < 1.29 is 9.72 Å². The number of carbonyl (C=O) groups excluding carboxylic acids is 1. The van der Waals surface area contributed by atoms with Crippen LogP contribution in [0, 0.1) is 22.0 Å². The van der Waals surface area contributed by atoms with Crippen LogP contribution in [0.15, 0.2) is 12.3 Å². The van der Waals surface area contributed by atoms with Crippen LogP contribution >= 0.6 is 0 Å². The summed E-state index contributed by atoms with van der Waals surface area (Å²) in [4.78, 5) is 22.3. The molecule has 100 valence electrons. The Morgan fingerprint density at radius 3 is 2.95 bits per heavy atom. The van der Waals surface area contributed by atoms with Gasteiger partial charge in [0.2, 0.25) is 0 Å². The van der Waals surface area contributed by atoms with Crippen molar-refractivity contribution in [2.24, 2.45) is 0 Å². The molecule has 1 heterocycles. The Labute approximate surface area is 110 Å². The monoisotopic (exact) mass is 261 g/mol. The van der Waals surface area contributed by atoms with Gasteiger partial charge in [-0.15, -0.1) is 11.8 Å². The summed E-state index contributed by atoms with van der Waals surface area (Å²) in [6, 6.07) is 1.56. The quantitative estimate of drug-likeness (QED) is 0.380. The van der Waals surface area contributed by atoms with Gasteiger partial charge in [0.15, 0.2) is 0 Å². The molecule has 0 saturated heterocycles. The van der Waals surface area contributed by atoms with Crippen molar-refractivity contribution in [3.8, 4) is 11.8 Å². The first-order chi connectivity index (χ1) is 9.13. The molecule has 1 amide bonds. The third kappa shape index (κ3) is 3.13. The van der Waals surface area contributed by atoms with Crippen molar-refractivity contribution in [1.82, 2.24) is 9.88 Å². The minimum Gasteiger partial charge on any atom is -0.350 e. The molecule has 0 bridgehead atoms. The number of nitrogens with zero attached hydrogens (tertiary/aromatic N) is 2. The fourth-order valence-electron chi connectivity index (χ4n) is 1.86. The summed E-state index contributed by atoms with van der Waals surface area (Å²) in [5, 5.41) is 13.5. The Morgan fingerprint density at radius 1 is 1.63 bits per heavy atom. The topological polar surface area (TPSA) is 77.2 Å². The van der Waals surface area contributed by atoms with Gasteiger partial charge in [-0.25, -0.2) is 0 Å². The molecule has 0 radical (unpaired) electrons. The molecule has 2 rings (SSSR count). The van der Waals surface area contributed by atoms with E-state index >= 15 is 0 Å². The molecule has 0 unspecified atom stereocenters. The lowest BCUT2D eigenvalue weighted by Gasteiger charge is -2.06. The zero-order chi connectivity index (χ0) is 13.8. The Morgan fingerprint density at radius 2 is 2.37 bits per heavy atom. The molecule has 1 N–H and O–H groups in total. The fraction of sp³-hybridized carbons (Fsp3) is 0.462. The summed E-state index contributed by atoms with van der Waals surface area (Å²) < 4.78 is 1.71. The fourth-order valence-corrected chi connectivity index (χ4v) is 1.86. The van der Waals surface area contributed by atoms with Crippen LogP contribution < -0.4 is 5.32 Å². The summed E-state index contributed by atoms with van der Waals surface area (Å²) >= 11 is 0. The first-order valence-electron chi connectivity index (χ1n) is 6.17. The van der Waals surface area contributed by atoms with Crippen molar-refractivity contribution in [3.63, 3.8) is 0 Å². The van der Waals surface area contributed by atoms with Crippen LogP contribution in [0.2, 0.25) is 0 Å². The van der Waals surface area contributed by atoms with Crippen LogP contribution in [0.1, 0.15) is 42.7 Å². The Kier molecular flexibility index (Phi) is 3.85. The maximum absolute atomic E-state index is 12.0. The van der Waals surface area contributed by atoms with Crippen molar-refractivity contribution in [2.75, 3.05) is 6.54 Å². The van der Waals surface area contributed by atoms with E-state index in [4.69, 9.17) is 0 Å². The number of nitrogens with one attached hydrogen (secondary N) is 1. The second-order valence-corrected chi connectivity index (χ2v) is 4.41. The van der Waals surface area contributed by atoms with Crippen LogP contribution in [0.25, 0.3) is 0 Å². The van der Waals surface area contributed by atoms with Crippen molar-refractivity contribution in [1.29, 1.82) is 0 Å². The third-order valence-electron chi connectivity index (χ3n) is 2.93. The van der Waals surface area contributed by atoms with E-state index in [-0.39, 0.29) is 17.6 Å². The van der Waals surface area contributed by atoms with Crippen LogP contribution in [0.5, 0.6) is 0 Å². The number of hydrogen-bond donors (Lipinski definition) is 1. The van der Waals surface area contributed by atoms with E-state index < -0.39 is 4.92 Å². The van der Waals surface area contributed by atoms with Crippen molar-refractivity contribution in [3.05, 3.63) is 28.1 Å². The van der Waals surface area contributed by atoms with Crippen molar-refractivity contribution in [2.45, 2.75) is 32.2 Å². The molecular formula is C13H15N3O3. The first-order valence-corrected chi connectivity index (χ1v) is 6.17. The van der Waals surface area contributed by atoms with Crippen LogP contribution in [0.3, 0.4) is 0 Å². The summed E-state index contributed by atoms with van der Waals surface area (Å²) in [6.45, 7) is 2.19. The molecule has 0 aromatic carbocycles. The van der Waals surface area contributed by atoms with Gasteiger partial charge in [0.1, 0.15) is 5.69 Å². The Balaban J connectivity index is 2.10. The Bertz CT molecular complexity index is 561. The van der Waals surface area contributed by atoms with E-state index in [0.29, 0.717) is 18.7 Å². The molecule has 0 aliphatic heterocycles. The largest absolute Gasteiger partial charge is 0.350 e. The Hall–Kier alpha value is -2.29. The SMILES string of the molecule is CC#CCCNC(=O)c1cc([N+](=O)[O-])cn1C1CC1. The first kappa shape index (κ1) is 13.1. The number of hydrogen-bond acceptors (Lipinski definition) is 3. The van der Waals surface area contributed by atoms with Gasteiger partial charge in [-0.1, -0.05) is 0 Å². The summed E-state index contributed by atoms with van der Waals surface area (Å²) in [5.74, 6) is 5.31. The van der Waals surface area contributed by atoms with Gasteiger partial charge in [0.25, 0.3) is 11.6 Å². The summed E-state index contributed by atoms with van der Waals surface area (Å²) in [7, 11) is 0. The predicted octanol–water partition coefficient (Wildman–Crippen LogP) is 1.87. The smallest absolute Gasteiger partial charge is 0.287 e. The van der Waals surface area contributed by atoms with Crippen molar-refractivity contribution >= 4 is 11.6 Å². The number of nitro groups is 1. The van der Waals surface area contributed by atoms with E-state index in [0.717, 1.165) is 12.8 Å². The second kappa shape index (κ2) is 5.57. The number of rotatable bonds is 5. The normalized spacial score (nSPS) is 13.5. The number of amides is 1. The maximum Gasteiger partial charge on any atom is 0.287 e. The summed E-state index contributed by atoms with van der Waals surface area (Å²) in [5.41, 5.74) is 0.323. The predicted molar refractivity (Wildman–Crippen MR) is 69.8 cm³/mol. The minimum absolute atomic E-state index is 0.0367. The lowest BCUT2D eigenvalue weighted by Crippen LogP contribution is -2.26. The average molecular weight is 261 g/mol. The second-order valence-electron chi connectivity index (χ2n) is 4.41. The molecule has 19 heavy (non-hydrogen) atoms. The van der Waals surface area contributed by atoms with E-state index in [1.165, 1.54) is 12.3 Å². The van der Waals surface area contributed by atoms with E-state index in [9.17, 15) is 14.9 Å². The molecule has 6 nitrogen and oxygen atoms in total. The third-order valence-corrected chi connectivity index (χ3v) is 2.93. The zero-order valence-electron chi connectivity index (χ0n) is 10.7. The molecular weight excluding hydrogens is 246 g/mol. The van der Waals surface area contributed by atoms with Gasteiger partial charge >= 0.3 is 0 Å². The molecule has 1 aromatic rings. The van der Waals surface area contributed by atoms with Crippen LogP contribution in [0.4, 0.5) is 5.69 Å². The zero-order valence-corrected chi connectivity index (χ0v) is 10.7. The maximum atomic E-state index is 12.0. The van der Waals surface area contributed by atoms with Gasteiger partial charge in [-0.3, -0.25) is 14.9 Å². The highest BCUT2D eigenvalue weighted by atomic mass is 16.6. The van der Waals surface area contributed by atoms with Crippen LogP contribution in [-0.2, 0) is 0 Å². The molecule has 1 aromatic heterocycles. The summed E-state index contributed by atoms with van der Waals surface area (Å²) in [6.07, 6.45) is 3.95. The minimum atomic E-state index is -0.474. The number of aromatic nitrogens is 1. The van der Waals surface area contributed by atoms with Gasteiger partial charge in [0, 0.05) is 25.1 Å². The van der Waals surface area contributed by atoms with E-state index in [2.05, 4.69) is 17.2 Å². The van der Waals surface area contributed by atoms with Gasteiger partial charge in [-0.2, -0.15) is 0 Å². The lowest BCUT2D eigenvalue weighted by atomic mass is 10.3. The standard InChI is InChI=1S/C13H15N3O3/c1-2-3-4-7-14-13(17)12-8-11(16(18)19)9-15(12)10-5-6-10/h8-10H,4-7H2,1H3,(H,14,17). The highest BCUT2D eigenvalue weighted by Gasteiger charge is 2.30. The van der Waals surface area contributed by atoms with Gasteiger partial charge in [-0.05, 0) is 19.8 Å².